The molecule has 1 nitrogen and oxygen atoms in total. The van der Waals surface area contributed by atoms with Gasteiger partial charge in [-0.15, -0.1) is 5.41 Å². The third-order valence-corrected chi connectivity index (χ3v) is 1.91. The quantitative estimate of drug-likeness (QED) is 0.522. The van der Waals surface area contributed by atoms with E-state index in [2.05, 4.69) is 0 Å². The Bertz CT molecular complexity index is 323. The van der Waals surface area contributed by atoms with Gasteiger partial charge in [0.15, 0.2) is 0 Å². The van der Waals surface area contributed by atoms with Gasteiger partial charge in [0, 0.05) is 5.56 Å². The van der Waals surface area contributed by atoms with Gasteiger partial charge < -0.3 is 0 Å². The maximum atomic E-state index is 9.39. The van der Waals surface area contributed by atoms with Crippen LogP contribution in [0, 0.1) is 0 Å². The summed E-state index contributed by atoms with van der Waals surface area (Å²) in [7, 11) is 0. The van der Waals surface area contributed by atoms with E-state index < -0.39 is 0 Å². The molecule has 0 amide bonds. The molecule has 0 unspecified atom stereocenters. The Morgan fingerprint density at radius 3 is 2.82 bits per heavy atom. The zero-order valence-electron chi connectivity index (χ0n) is 6.12. The van der Waals surface area contributed by atoms with Gasteiger partial charge in [-0.3, -0.25) is 0 Å². The van der Waals surface area contributed by atoms with Gasteiger partial charge in [0.2, 0.25) is 0 Å². The molecular formula is C10H8N. The van der Waals surface area contributed by atoms with E-state index in [-0.39, 0.29) is 0 Å². The van der Waals surface area contributed by atoms with E-state index in [1.54, 1.807) is 6.08 Å². The molecule has 0 heterocycles. The van der Waals surface area contributed by atoms with Gasteiger partial charge >= 0.3 is 0 Å². The largest absolute Gasteiger partial charge is 0.150 e. The fraction of sp³-hybridized carbons (Fsp3) is 0.100. The molecule has 1 aliphatic rings. The van der Waals surface area contributed by atoms with Gasteiger partial charge in [-0.2, -0.15) is 0 Å². The number of fused-ring (bicyclic) bond motifs is 1. The summed E-state index contributed by atoms with van der Waals surface area (Å²) < 4.78 is 0. The number of rotatable bonds is 0. The minimum atomic E-state index is 0.381. The van der Waals surface area contributed by atoms with E-state index in [9.17, 15) is 5.41 Å². The van der Waals surface area contributed by atoms with E-state index in [0.717, 1.165) is 12.0 Å². The summed E-state index contributed by atoms with van der Waals surface area (Å²) in [5.41, 5.74) is 2.55. The molecule has 2 rings (SSSR count). The summed E-state index contributed by atoms with van der Waals surface area (Å²) in [4.78, 5) is 0. The Hall–Kier alpha value is -1.37. The monoisotopic (exact) mass is 142 g/mol. The van der Waals surface area contributed by atoms with E-state index in [4.69, 9.17) is 0 Å². The lowest BCUT2D eigenvalue weighted by molar-refractivity contribution is 1.24. The zero-order valence-corrected chi connectivity index (χ0v) is 6.12. The minimum absolute atomic E-state index is 0.381. The maximum Gasteiger partial charge on any atom is 0.0929 e. The summed E-state index contributed by atoms with van der Waals surface area (Å²) in [5.74, 6) is 0. The molecule has 53 valence electrons. The predicted octanol–water partition coefficient (Wildman–Crippen LogP) is 1.39. The third-order valence-electron chi connectivity index (χ3n) is 1.91. The molecule has 0 fully saturated rings. The zero-order chi connectivity index (χ0) is 7.68. The van der Waals surface area contributed by atoms with Crippen LogP contribution in [0.15, 0.2) is 36.4 Å². The highest BCUT2D eigenvalue weighted by Gasteiger charge is 2.07. The summed E-state index contributed by atoms with van der Waals surface area (Å²) >= 11 is 0. The Morgan fingerprint density at radius 1 is 1.18 bits per heavy atom. The average molecular weight is 142 g/mol. The average Bonchev–Trinajstić information content (AvgIpc) is 2.06. The Morgan fingerprint density at radius 2 is 2.00 bits per heavy atom. The number of hydrogen-bond donors (Lipinski definition) is 0. The molecular weight excluding hydrogens is 134 g/mol. The van der Waals surface area contributed by atoms with Crippen molar-refractivity contribution in [2.75, 3.05) is 0 Å². The number of allylic oxidation sites excluding steroid dienone is 2. The van der Waals surface area contributed by atoms with Crippen LogP contribution >= 0.6 is 0 Å². The summed E-state index contributed by atoms with van der Waals surface area (Å²) in [6.45, 7) is 0. The van der Waals surface area contributed by atoms with Crippen LogP contribution in [0.3, 0.4) is 0 Å². The van der Waals surface area contributed by atoms with Crippen LogP contribution in [0.1, 0.15) is 11.1 Å². The summed E-state index contributed by atoms with van der Waals surface area (Å²) in [6.07, 6.45) is 4.65. The molecule has 0 bridgehead atoms. The van der Waals surface area contributed by atoms with Gasteiger partial charge in [0.1, 0.15) is 0 Å². The molecule has 1 heteroatoms. The molecule has 1 aromatic carbocycles. The summed E-state index contributed by atoms with van der Waals surface area (Å²) in [5, 5.41) is 9.39. The first kappa shape index (κ1) is 6.35. The molecule has 1 aliphatic carbocycles. The number of benzene rings is 1. The molecule has 1 radical (unpaired) electrons. The first-order valence-corrected chi connectivity index (χ1v) is 3.68. The lowest BCUT2D eigenvalue weighted by Gasteiger charge is -2.09. The van der Waals surface area contributed by atoms with E-state index in [1.807, 2.05) is 30.3 Å². The van der Waals surface area contributed by atoms with Crippen molar-refractivity contribution in [3.63, 3.8) is 0 Å². The molecule has 0 aliphatic heterocycles. The molecule has 0 spiro atoms. The van der Waals surface area contributed by atoms with Crippen molar-refractivity contribution in [2.24, 2.45) is 0 Å². The van der Waals surface area contributed by atoms with Crippen molar-refractivity contribution in [2.45, 2.75) is 6.42 Å². The molecule has 0 aromatic heterocycles. The smallest absolute Gasteiger partial charge is 0.0929 e. The van der Waals surface area contributed by atoms with Crippen LogP contribution in [0.2, 0.25) is 0 Å². The van der Waals surface area contributed by atoms with Crippen LogP contribution in [0.4, 0.5) is 0 Å². The fourth-order valence-electron chi connectivity index (χ4n) is 1.34. The normalized spacial score (nSPS) is 14.7. The highest BCUT2D eigenvalue weighted by atomic mass is 14.4. The number of nitrogens with zero attached hydrogens (tertiary/aromatic N) is 1. The Kier molecular flexibility index (Phi) is 1.35. The molecule has 0 atom stereocenters. The SMILES string of the molecule is [N]=C1C=CCc2ccccc21. The van der Waals surface area contributed by atoms with Crippen molar-refractivity contribution in [3.8, 4) is 0 Å². The second-order valence-corrected chi connectivity index (χ2v) is 2.65. The van der Waals surface area contributed by atoms with Crippen LogP contribution in [-0.2, 0) is 6.42 Å². The van der Waals surface area contributed by atoms with Gasteiger partial charge in [-0.25, -0.2) is 0 Å². The fourth-order valence-corrected chi connectivity index (χ4v) is 1.34. The van der Waals surface area contributed by atoms with E-state index in [0.29, 0.717) is 5.71 Å². The van der Waals surface area contributed by atoms with Crippen LogP contribution in [0.25, 0.3) is 0 Å². The highest BCUT2D eigenvalue weighted by molar-refractivity contribution is 6.09. The first-order chi connectivity index (χ1) is 5.38. The third kappa shape index (κ3) is 0.984. The van der Waals surface area contributed by atoms with Crippen molar-refractivity contribution >= 4 is 5.71 Å². The molecule has 0 saturated carbocycles. The van der Waals surface area contributed by atoms with Crippen LogP contribution in [0.5, 0.6) is 0 Å². The first-order valence-electron chi connectivity index (χ1n) is 3.68. The lowest BCUT2D eigenvalue weighted by atomic mass is 9.96. The summed E-state index contributed by atoms with van der Waals surface area (Å²) in [6, 6.07) is 7.91. The van der Waals surface area contributed by atoms with Crippen molar-refractivity contribution in [1.82, 2.24) is 5.41 Å². The standard InChI is InChI=1S/C10H8N/c11-10-7-3-5-8-4-1-2-6-9(8)10/h1-4,6-7H,5H2. The Labute approximate surface area is 65.9 Å². The molecule has 0 saturated heterocycles. The van der Waals surface area contributed by atoms with Gasteiger partial charge in [-0.05, 0) is 18.1 Å². The number of hydrogen-bond acceptors (Lipinski definition) is 0. The topological polar surface area (TPSA) is 22.3 Å². The lowest BCUT2D eigenvalue weighted by Crippen LogP contribution is -2.06. The molecule has 11 heavy (non-hydrogen) atoms. The van der Waals surface area contributed by atoms with Crippen molar-refractivity contribution < 1.29 is 0 Å². The van der Waals surface area contributed by atoms with Crippen LogP contribution in [-0.4, -0.2) is 5.71 Å². The second-order valence-electron chi connectivity index (χ2n) is 2.65. The minimum Gasteiger partial charge on any atom is -0.150 e. The van der Waals surface area contributed by atoms with Crippen molar-refractivity contribution in [1.29, 1.82) is 0 Å². The van der Waals surface area contributed by atoms with Gasteiger partial charge in [0.05, 0.1) is 5.71 Å². The molecule has 0 N–H and O–H groups in total. The predicted molar refractivity (Wildman–Crippen MR) is 45.5 cm³/mol. The van der Waals surface area contributed by atoms with E-state index in [1.165, 1.54) is 5.56 Å². The Balaban J connectivity index is 2.59. The van der Waals surface area contributed by atoms with Crippen LogP contribution < -0.4 is 5.41 Å². The second kappa shape index (κ2) is 2.35. The molecule has 1 aromatic rings. The highest BCUT2D eigenvalue weighted by Crippen LogP contribution is 2.14. The maximum absolute atomic E-state index is 9.39. The van der Waals surface area contributed by atoms with E-state index >= 15 is 0 Å². The van der Waals surface area contributed by atoms with Gasteiger partial charge in [-0.1, -0.05) is 30.3 Å². The van der Waals surface area contributed by atoms with Gasteiger partial charge in [0.25, 0.3) is 0 Å². The van der Waals surface area contributed by atoms with Crippen molar-refractivity contribution in [3.05, 3.63) is 47.5 Å².